The molecular formula is C24H30O3. The van der Waals surface area contributed by atoms with Crippen LogP contribution in [0.5, 0.6) is 5.95 Å². The van der Waals surface area contributed by atoms with Gasteiger partial charge in [0, 0.05) is 6.42 Å². The normalized spacial score (nSPS) is 12.4. The van der Waals surface area contributed by atoms with Crippen LogP contribution in [0.1, 0.15) is 58.9 Å². The molecule has 0 saturated heterocycles. The summed E-state index contributed by atoms with van der Waals surface area (Å²) in [5.74, 6) is -0.280. The van der Waals surface area contributed by atoms with Gasteiger partial charge in [0.1, 0.15) is 5.58 Å². The minimum Gasteiger partial charge on any atom is -0.480 e. The summed E-state index contributed by atoms with van der Waals surface area (Å²) in [6, 6.07) is 6.99. The second-order valence-electron chi connectivity index (χ2n) is 7.37. The molecule has 1 heterocycles. The Morgan fingerprint density at radius 3 is 2.30 bits per heavy atom. The molecule has 0 aliphatic heterocycles. The molecule has 0 radical (unpaired) electrons. The number of hydrogen-bond acceptors (Lipinski definition) is 3. The lowest BCUT2D eigenvalue weighted by atomic mass is 10.0. The number of rotatable bonds is 8. The molecule has 0 saturated carbocycles. The maximum Gasteiger partial charge on any atom is 0.289 e. The van der Waals surface area contributed by atoms with E-state index in [0.717, 1.165) is 25.7 Å². The minimum atomic E-state index is -0.280. The summed E-state index contributed by atoms with van der Waals surface area (Å²) in [6.45, 7) is 8.49. The van der Waals surface area contributed by atoms with Crippen LogP contribution in [0, 0.1) is 0 Å². The van der Waals surface area contributed by atoms with Crippen molar-refractivity contribution in [1.29, 1.82) is 0 Å². The van der Waals surface area contributed by atoms with Crippen LogP contribution < -0.4 is 5.43 Å². The molecule has 0 amide bonds. The lowest BCUT2D eigenvalue weighted by molar-refractivity contribution is 0.334. The second kappa shape index (κ2) is 9.96. The standard InChI is InChI=1S/C24H30O3/c1-17(2)9-7-10-18(3)11-8-12-19(4)15-16-21-23(25)20-13-5-6-14-22(20)27-24(21)26/h5-6,9,11,13-15,26H,7-8,10,12,16H2,1-4H3/b18-11+,19-15+. The van der Waals surface area contributed by atoms with E-state index in [2.05, 4.69) is 39.8 Å². The van der Waals surface area contributed by atoms with Gasteiger partial charge in [0.25, 0.3) is 5.95 Å². The molecule has 1 aromatic carbocycles. The van der Waals surface area contributed by atoms with E-state index in [1.165, 1.54) is 16.7 Å². The molecule has 0 spiro atoms. The first kappa shape index (κ1) is 20.8. The molecule has 3 nitrogen and oxygen atoms in total. The van der Waals surface area contributed by atoms with Crippen molar-refractivity contribution in [3.05, 3.63) is 75.0 Å². The second-order valence-corrected chi connectivity index (χ2v) is 7.37. The van der Waals surface area contributed by atoms with E-state index < -0.39 is 0 Å². The summed E-state index contributed by atoms with van der Waals surface area (Å²) in [7, 11) is 0. The van der Waals surface area contributed by atoms with E-state index in [4.69, 9.17) is 4.42 Å². The first-order valence-corrected chi connectivity index (χ1v) is 9.56. The Balaban J connectivity index is 1.97. The van der Waals surface area contributed by atoms with Crippen LogP contribution in [0.15, 0.2) is 68.4 Å². The third-order valence-electron chi connectivity index (χ3n) is 4.65. The Bertz CT molecular complexity index is 922. The molecule has 1 aromatic heterocycles. The Morgan fingerprint density at radius 1 is 0.963 bits per heavy atom. The Kier molecular flexibility index (Phi) is 7.66. The fourth-order valence-electron chi connectivity index (χ4n) is 2.96. The zero-order chi connectivity index (χ0) is 19.8. The summed E-state index contributed by atoms with van der Waals surface area (Å²) in [5, 5.41) is 10.6. The molecular weight excluding hydrogens is 336 g/mol. The van der Waals surface area contributed by atoms with Gasteiger partial charge in [0.05, 0.1) is 10.9 Å². The van der Waals surface area contributed by atoms with Crippen molar-refractivity contribution in [2.75, 3.05) is 0 Å². The van der Waals surface area contributed by atoms with Crippen LogP contribution in [-0.2, 0) is 6.42 Å². The fraction of sp³-hybridized carbons (Fsp3) is 0.375. The van der Waals surface area contributed by atoms with Crippen LogP contribution in [-0.4, -0.2) is 5.11 Å². The van der Waals surface area contributed by atoms with Crippen molar-refractivity contribution in [2.24, 2.45) is 0 Å². The van der Waals surface area contributed by atoms with Crippen molar-refractivity contribution in [2.45, 2.75) is 59.8 Å². The molecule has 0 aliphatic carbocycles. The largest absolute Gasteiger partial charge is 0.480 e. The van der Waals surface area contributed by atoms with Crippen molar-refractivity contribution >= 4 is 11.0 Å². The Morgan fingerprint density at radius 2 is 1.59 bits per heavy atom. The van der Waals surface area contributed by atoms with Gasteiger partial charge < -0.3 is 9.52 Å². The molecule has 2 aromatic rings. The monoisotopic (exact) mass is 366 g/mol. The average molecular weight is 367 g/mol. The summed E-state index contributed by atoms with van der Waals surface area (Å²) < 4.78 is 5.38. The third kappa shape index (κ3) is 6.28. The first-order valence-electron chi connectivity index (χ1n) is 9.56. The lowest BCUT2D eigenvalue weighted by Gasteiger charge is -2.04. The lowest BCUT2D eigenvalue weighted by Crippen LogP contribution is -2.08. The quantitative estimate of drug-likeness (QED) is 0.545. The van der Waals surface area contributed by atoms with Crippen LogP contribution in [0.3, 0.4) is 0 Å². The number of fused-ring (bicyclic) bond motifs is 1. The van der Waals surface area contributed by atoms with Gasteiger partial charge in [0.15, 0.2) is 5.43 Å². The predicted molar refractivity (Wildman–Crippen MR) is 113 cm³/mol. The van der Waals surface area contributed by atoms with E-state index in [-0.39, 0.29) is 11.4 Å². The van der Waals surface area contributed by atoms with Gasteiger partial charge in [0.2, 0.25) is 0 Å². The Labute approximate surface area is 161 Å². The van der Waals surface area contributed by atoms with Gasteiger partial charge in [-0.2, -0.15) is 0 Å². The molecule has 27 heavy (non-hydrogen) atoms. The molecule has 1 N–H and O–H groups in total. The highest BCUT2D eigenvalue weighted by Crippen LogP contribution is 2.22. The fourth-order valence-corrected chi connectivity index (χ4v) is 2.96. The molecule has 3 heteroatoms. The van der Waals surface area contributed by atoms with Gasteiger partial charge in [-0.05, 0) is 65.5 Å². The number of para-hydroxylation sites is 1. The molecule has 2 rings (SSSR count). The van der Waals surface area contributed by atoms with Gasteiger partial charge >= 0.3 is 0 Å². The summed E-state index contributed by atoms with van der Waals surface area (Å²) >= 11 is 0. The van der Waals surface area contributed by atoms with E-state index in [1.807, 2.05) is 6.08 Å². The Hall–Kier alpha value is -2.55. The number of benzene rings is 1. The molecule has 0 unspecified atom stereocenters. The highest BCUT2D eigenvalue weighted by atomic mass is 16.5. The van der Waals surface area contributed by atoms with E-state index >= 15 is 0 Å². The highest BCUT2D eigenvalue weighted by molar-refractivity contribution is 5.77. The maximum atomic E-state index is 12.5. The van der Waals surface area contributed by atoms with E-state index in [0.29, 0.717) is 23.0 Å². The van der Waals surface area contributed by atoms with Crippen LogP contribution >= 0.6 is 0 Å². The third-order valence-corrected chi connectivity index (χ3v) is 4.65. The van der Waals surface area contributed by atoms with Crippen LogP contribution in [0.2, 0.25) is 0 Å². The zero-order valence-corrected chi connectivity index (χ0v) is 16.8. The maximum absolute atomic E-state index is 12.5. The number of hydrogen-bond donors (Lipinski definition) is 1. The number of allylic oxidation sites excluding steroid dienone is 6. The highest BCUT2D eigenvalue weighted by Gasteiger charge is 2.12. The average Bonchev–Trinajstić information content (AvgIpc) is 2.61. The minimum absolute atomic E-state index is 0.159. The predicted octanol–water partition coefficient (Wildman–Crippen LogP) is 6.46. The summed E-state index contributed by atoms with van der Waals surface area (Å²) in [6.07, 6.45) is 11.1. The van der Waals surface area contributed by atoms with Crippen LogP contribution in [0.25, 0.3) is 11.0 Å². The van der Waals surface area contributed by atoms with Gasteiger partial charge in [-0.1, -0.05) is 47.1 Å². The van der Waals surface area contributed by atoms with Gasteiger partial charge in [-0.15, -0.1) is 0 Å². The first-order chi connectivity index (χ1) is 12.9. The number of aromatic hydroxyl groups is 1. The smallest absolute Gasteiger partial charge is 0.289 e. The molecule has 144 valence electrons. The zero-order valence-electron chi connectivity index (χ0n) is 16.8. The van der Waals surface area contributed by atoms with Crippen molar-refractivity contribution in [3.63, 3.8) is 0 Å². The topological polar surface area (TPSA) is 50.4 Å². The van der Waals surface area contributed by atoms with Crippen molar-refractivity contribution in [3.8, 4) is 5.95 Å². The van der Waals surface area contributed by atoms with Gasteiger partial charge in [-0.3, -0.25) is 4.79 Å². The van der Waals surface area contributed by atoms with E-state index in [9.17, 15) is 9.90 Å². The summed E-state index contributed by atoms with van der Waals surface area (Å²) in [5.41, 5.74) is 4.56. The molecule has 0 aliphatic rings. The molecule has 0 bridgehead atoms. The van der Waals surface area contributed by atoms with E-state index in [1.54, 1.807) is 24.3 Å². The molecule has 0 fully saturated rings. The van der Waals surface area contributed by atoms with Crippen molar-refractivity contribution < 1.29 is 9.52 Å². The van der Waals surface area contributed by atoms with Crippen LogP contribution in [0.4, 0.5) is 0 Å². The molecule has 0 atom stereocenters. The summed E-state index contributed by atoms with van der Waals surface area (Å²) in [4.78, 5) is 12.5. The SMILES string of the molecule is CC(C)=CCC/C(C)=C/CC/C(C)=C/Cc1c(O)oc2ccccc2c1=O. The van der Waals surface area contributed by atoms with Gasteiger partial charge in [-0.25, -0.2) is 0 Å². The van der Waals surface area contributed by atoms with Crippen molar-refractivity contribution in [1.82, 2.24) is 0 Å².